The summed E-state index contributed by atoms with van der Waals surface area (Å²) in [5, 5.41) is 9.74. The number of carbonyl (C=O) groups is 1. The third kappa shape index (κ3) is 4.97. The second kappa shape index (κ2) is 9.23. The van der Waals surface area contributed by atoms with Crippen molar-refractivity contribution in [3.63, 3.8) is 0 Å². The number of aromatic amines is 1. The van der Waals surface area contributed by atoms with Crippen molar-refractivity contribution in [1.29, 1.82) is 0 Å². The van der Waals surface area contributed by atoms with Gasteiger partial charge in [-0.15, -0.1) is 0 Å². The lowest BCUT2D eigenvalue weighted by atomic mass is 10.1. The zero-order chi connectivity index (χ0) is 22.7. The number of hydrogen-bond donors (Lipinski definition) is 2. The van der Waals surface area contributed by atoms with Gasteiger partial charge in [-0.3, -0.25) is 4.79 Å². The Hall–Kier alpha value is -3.65. The molecule has 1 fully saturated rings. The number of nitrogens with zero attached hydrogens (tertiary/aromatic N) is 3. The maximum atomic E-state index is 12.3. The van der Waals surface area contributed by atoms with Crippen molar-refractivity contribution in [3.8, 4) is 34.0 Å². The Morgan fingerprint density at radius 2 is 1.75 bits per heavy atom. The number of aromatic nitrogens is 2. The number of aromatic hydroxyl groups is 1. The maximum Gasteiger partial charge on any atom is 0.345 e. The molecule has 1 aliphatic heterocycles. The van der Waals surface area contributed by atoms with E-state index in [0.29, 0.717) is 22.7 Å². The van der Waals surface area contributed by atoms with Gasteiger partial charge >= 0.3 is 5.69 Å². The summed E-state index contributed by atoms with van der Waals surface area (Å²) in [5.74, 6) is 0.761. The van der Waals surface area contributed by atoms with Crippen LogP contribution < -0.4 is 10.4 Å². The number of carbonyl (C=O) groups excluding carboxylic acids is 1. The first-order chi connectivity index (χ1) is 15.4. The molecule has 0 radical (unpaired) electrons. The summed E-state index contributed by atoms with van der Waals surface area (Å²) in [5.41, 5.74) is 2.92. The van der Waals surface area contributed by atoms with Crippen molar-refractivity contribution < 1.29 is 14.6 Å². The molecule has 2 aromatic carbocycles. The maximum absolute atomic E-state index is 12.3. The average Bonchev–Trinajstić information content (AvgIpc) is 2.79. The molecule has 0 saturated carbocycles. The molecule has 8 heteroatoms. The van der Waals surface area contributed by atoms with Crippen molar-refractivity contribution in [3.05, 3.63) is 64.6 Å². The number of likely N-dealkylation sites (N-methyl/N-ethyl adjacent to an activating group) is 1. The molecule has 1 saturated heterocycles. The fraction of sp³-hybridized carbons (Fsp3) is 0.292. The summed E-state index contributed by atoms with van der Waals surface area (Å²) in [6, 6.07) is 14.1. The summed E-state index contributed by atoms with van der Waals surface area (Å²) in [4.78, 5) is 35.3. The predicted molar refractivity (Wildman–Crippen MR) is 122 cm³/mol. The molecule has 0 spiro atoms. The third-order valence-electron chi connectivity index (χ3n) is 5.62. The lowest BCUT2D eigenvalue weighted by Crippen LogP contribution is -2.48. The van der Waals surface area contributed by atoms with Gasteiger partial charge in [0.2, 0.25) is 0 Å². The van der Waals surface area contributed by atoms with Gasteiger partial charge in [-0.1, -0.05) is 0 Å². The van der Waals surface area contributed by atoms with Crippen LogP contribution in [-0.2, 0) is 4.79 Å². The Morgan fingerprint density at radius 1 is 1.06 bits per heavy atom. The van der Waals surface area contributed by atoms with E-state index in [1.165, 1.54) is 0 Å². The zero-order valence-electron chi connectivity index (χ0n) is 18.2. The number of phenols is 1. The highest BCUT2D eigenvalue weighted by Gasteiger charge is 2.19. The number of phenolic OH excluding ortho intramolecular Hbond substituents is 1. The Balaban J connectivity index is 1.45. The van der Waals surface area contributed by atoms with E-state index in [9.17, 15) is 14.7 Å². The fourth-order valence-electron chi connectivity index (χ4n) is 3.60. The standard InChI is InChI=1S/C24H26N4O4/c1-16-13-18(5-8-22(16)29)21-14-20(25-24(31)26-21)17-3-6-19(7-4-17)32-15-23(30)28-11-9-27(2)10-12-28/h3-8,13-14,29H,9-12,15H2,1-2H3,(H,25,26,31). The largest absolute Gasteiger partial charge is 0.508 e. The summed E-state index contributed by atoms with van der Waals surface area (Å²) in [6.45, 7) is 4.97. The van der Waals surface area contributed by atoms with Crippen LogP contribution in [0.4, 0.5) is 0 Å². The summed E-state index contributed by atoms with van der Waals surface area (Å²) >= 11 is 0. The van der Waals surface area contributed by atoms with E-state index in [1.54, 1.807) is 43.3 Å². The van der Waals surface area contributed by atoms with E-state index >= 15 is 0 Å². The molecule has 1 amide bonds. The summed E-state index contributed by atoms with van der Waals surface area (Å²) in [7, 11) is 2.05. The van der Waals surface area contributed by atoms with E-state index < -0.39 is 5.69 Å². The van der Waals surface area contributed by atoms with Gasteiger partial charge in [0.25, 0.3) is 5.91 Å². The minimum Gasteiger partial charge on any atom is -0.508 e. The Bertz CT molecular complexity index is 1170. The zero-order valence-corrected chi connectivity index (χ0v) is 18.2. The van der Waals surface area contributed by atoms with Gasteiger partial charge in [0.15, 0.2) is 6.61 Å². The number of aryl methyl sites for hydroxylation is 1. The van der Waals surface area contributed by atoms with Crippen molar-refractivity contribution in [1.82, 2.24) is 19.8 Å². The lowest BCUT2D eigenvalue weighted by Gasteiger charge is -2.32. The topological polar surface area (TPSA) is 98.8 Å². The first-order valence-electron chi connectivity index (χ1n) is 10.5. The van der Waals surface area contributed by atoms with Crippen LogP contribution in [0.25, 0.3) is 22.5 Å². The minimum atomic E-state index is -0.457. The highest BCUT2D eigenvalue weighted by Crippen LogP contribution is 2.26. The quantitative estimate of drug-likeness (QED) is 0.639. The second-order valence-electron chi connectivity index (χ2n) is 7.98. The van der Waals surface area contributed by atoms with Gasteiger partial charge < -0.3 is 24.6 Å². The number of benzene rings is 2. The molecule has 8 nitrogen and oxygen atoms in total. The first kappa shape index (κ1) is 21.6. The molecule has 166 valence electrons. The van der Waals surface area contributed by atoms with Crippen LogP contribution in [0.2, 0.25) is 0 Å². The van der Waals surface area contributed by atoms with Crippen LogP contribution in [0.5, 0.6) is 11.5 Å². The molecule has 0 aliphatic carbocycles. The van der Waals surface area contributed by atoms with Crippen LogP contribution in [0.15, 0.2) is 53.3 Å². The van der Waals surface area contributed by atoms with Gasteiger partial charge in [0.1, 0.15) is 11.5 Å². The molecule has 4 rings (SSSR count). The van der Waals surface area contributed by atoms with Crippen molar-refractivity contribution in [2.75, 3.05) is 39.8 Å². The Morgan fingerprint density at radius 3 is 2.44 bits per heavy atom. The van der Waals surface area contributed by atoms with Crippen LogP contribution in [0.3, 0.4) is 0 Å². The predicted octanol–water partition coefficient (Wildman–Crippen LogP) is 2.27. The molecule has 0 bridgehead atoms. The number of nitrogens with one attached hydrogen (secondary N) is 1. The minimum absolute atomic E-state index is 0.000493. The van der Waals surface area contributed by atoms with Crippen molar-refractivity contribution >= 4 is 5.91 Å². The van der Waals surface area contributed by atoms with Gasteiger partial charge in [-0.05, 0) is 73.6 Å². The Labute approximate surface area is 186 Å². The van der Waals surface area contributed by atoms with Crippen molar-refractivity contribution in [2.45, 2.75) is 6.92 Å². The fourth-order valence-corrected chi connectivity index (χ4v) is 3.60. The molecule has 3 aromatic rings. The SMILES string of the molecule is Cc1cc(-c2cc(-c3ccc(OCC(=O)N4CCN(C)CC4)cc3)[nH]c(=O)n2)ccc1O. The molecule has 0 unspecified atom stereocenters. The first-order valence-corrected chi connectivity index (χ1v) is 10.5. The normalized spacial score (nSPS) is 14.4. The highest BCUT2D eigenvalue weighted by molar-refractivity contribution is 5.78. The number of rotatable bonds is 5. The van der Waals surface area contributed by atoms with E-state index in [4.69, 9.17) is 4.74 Å². The summed E-state index contributed by atoms with van der Waals surface area (Å²) < 4.78 is 5.67. The van der Waals surface area contributed by atoms with E-state index in [-0.39, 0.29) is 18.3 Å². The Kier molecular flexibility index (Phi) is 6.23. The number of ether oxygens (including phenoxy) is 1. The van der Waals surface area contributed by atoms with E-state index in [0.717, 1.165) is 37.3 Å². The molecule has 1 aliphatic rings. The lowest BCUT2D eigenvalue weighted by molar-refractivity contribution is -0.134. The molecule has 2 heterocycles. The molecule has 32 heavy (non-hydrogen) atoms. The summed E-state index contributed by atoms with van der Waals surface area (Å²) in [6.07, 6.45) is 0. The molecule has 0 atom stereocenters. The number of H-pyrrole nitrogens is 1. The number of amides is 1. The van der Waals surface area contributed by atoms with Gasteiger partial charge in [-0.25, -0.2) is 4.79 Å². The van der Waals surface area contributed by atoms with Crippen LogP contribution in [0.1, 0.15) is 5.56 Å². The van der Waals surface area contributed by atoms with Gasteiger partial charge in [0.05, 0.1) is 11.4 Å². The average molecular weight is 434 g/mol. The van der Waals surface area contributed by atoms with Gasteiger partial charge in [-0.2, -0.15) is 4.98 Å². The van der Waals surface area contributed by atoms with E-state index in [1.807, 2.05) is 24.1 Å². The van der Waals surface area contributed by atoms with Crippen LogP contribution in [-0.4, -0.2) is 70.6 Å². The molecular formula is C24H26N4O4. The van der Waals surface area contributed by atoms with Crippen LogP contribution in [0, 0.1) is 6.92 Å². The smallest absolute Gasteiger partial charge is 0.345 e. The van der Waals surface area contributed by atoms with E-state index in [2.05, 4.69) is 14.9 Å². The molecule has 2 N–H and O–H groups in total. The van der Waals surface area contributed by atoms with Crippen molar-refractivity contribution in [2.24, 2.45) is 0 Å². The van der Waals surface area contributed by atoms with Crippen LogP contribution >= 0.6 is 0 Å². The molecular weight excluding hydrogens is 408 g/mol. The number of piperazine rings is 1. The van der Waals surface area contributed by atoms with Gasteiger partial charge in [0, 0.05) is 31.7 Å². The number of hydrogen-bond acceptors (Lipinski definition) is 6. The monoisotopic (exact) mass is 434 g/mol. The second-order valence-corrected chi connectivity index (χ2v) is 7.98. The highest BCUT2D eigenvalue weighted by atomic mass is 16.5. The third-order valence-corrected chi connectivity index (χ3v) is 5.62. The molecule has 1 aromatic heterocycles.